The molecule has 11 nitrogen and oxygen atoms in total. The van der Waals surface area contributed by atoms with Crippen LogP contribution in [0.5, 0.6) is 17.2 Å². The molecule has 2 aliphatic heterocycles. The molecule has 1 unspecified atom stereocenters. The molecule has 43 heavy (non-hydrogen) atoms. The minimum atomic E-state index is -0.110. The van der Waals surface area contributed by atoms with E-state index in [4.69, 9.17) is 29.4 Å². The lowest BCUT2D eigenvalue weighted by Gasteiger charge is -2.19. The van der Waals surface area contributed by atoms with Gasteiger partial charge in [-0.05, 0) is 62.4 Å². The van der Waals surface area contributed by atoms with Crippen LogP contribution in [0, 0.1) is 0 Å². The number of nitrogens with two attached hydrogens (primary N) is 1. The maximum Gasteiger partial charge on any atom is 0.141 e. The summed E-state index contributed by atoms with van der Waals surface area (Å²) in [6, 6.07) is 15.5. The van der Waals surface area contributed by atoms with Gasteiger partial charge in [0.15, 0.2) is 0 Å². The third-order valence-corrected chi connectivity index (χ3v) is 6.73. The van der Waals surface area contributed by atoms with Crippen molar-refractivity contribution in [3.8, 4) is 17.2 Å². The molecule has 5 rings (SSSR count). The number of benzene rings is 2. The summed E-state index contributed by atoms with van der Waals surface area (Å²) in [5.74, 6) is 3.16. The number of nitrogen functional groups attached to an aromatic ring is 1. The fourth-order valence-corrected chi connectivity index (χ4v) is 4.60. The van der Waals surface area contributed by atoms with Crippen LogP contribution in [0.15, 0.2) is 78.3 Å². The van der Waals surface area contributed by atoms with Crippen molar-refractivity contribution in [3.05, 3.63) is 84.0 Å². The van der Waals surface area contributed by atoms with Gasteiger partial charge in [0.05, 0.1) is 74.2 Å². The quantitative estimate of drug-likeness (QED) is 0.116. The van der Waals surface area contributed by atoms with E-state index in [1.165, 1.54) is 0 Å². The van der Waals surface area contributed by atoms with Crippen LogP contribution < -0.4 is 41.2 Å². The molecule has 0 saturated carbocycles. The largest absolute Gasteiger partial charge is 0.494 e. The van der Waals surface area contributed by atoms with Crippen molar-refractivity contribution in [2.45, 2.75) is 20.0 Å². The van der Waals surface area contributed by atoms with E-state index in [1.54, 1.807) is 6.20 Å². The first-order chi connectivity index (χ1) is 21.1. The Bertz CT molecular complexity index is 1410. The molecule has 1 aromatic heterocycles. The number of anilines is 4. The maximum absolute atomic E-state index is 6.12. The van der Waals surface area contributed by atoms with E-state index in [0.29, 0.717) is 64.2 Å². The van der Waals surface area contributed by atoms with Gasteiger partial charge >= 0.3 is 0 Å². The average Bonchev–Trinajstić information content (AvgIpc) is 3.45. The summed E-state index contributed by atoms with van der Waals surface area (Å²) in [5.41, 5.74) is 11.6. The van der Waals surface area contributed by atoms with Gasteiger partial charge in [-0.3, -0.25) is 4.98 Å². The van der Waals surface area contributed by atoms with Gasteiger partial charge in [0.1, 0.15) is 42.4 Å². The number of aromatic nitrogens is 1. The highest BCUT2D eigenvalue weighted by Crippen LogP contribution is 2.37. The molecule has 11 heteroatoms. The van der Waals surface area contributed by atoms with E-state index >= 15 is 0 Å². The topological polar surface area (TPSA) is 133 Å². The van der Waals surface area contributed by atoms with Crippen LogP contribution in [0.4, 0.5) is 22.7 Å². The number of fused-ring (bicyclic) bond motifs is 1. The standard InChI is InChI=1S/C32H40N6O5/c1-3-40-23-7-10-28(27(33)17-23)35-19-22-5-6-25(20-34-22)42-15-13-39-14-16-43-26-9-12-30(36-21-26)32-37-29-11-8-24(41-4-2)18-31(29)38-32/h5-12,17-18,21,32,34-35,37-38H,3-4,13-16,19-20,33H2,1-2H3. The molecule has 0 aliphatic carbocycles. The summed E-state index contributed by atoms with van der Waals surface area (Å²) in [5, 5.41) is 13.6. The predicted octanol–water partition coefficient (Wildman–Crippen LogP) is 4.89. The predicted molar refractivity (Wildman–Crippen MR) is 169 cm³/mol. The highest BCUT2D eigenvalue weighted by atomic mass is 16.5. The van der Waals surface area contributed by atoms with Gasteiger partial charge in [0.2, 0.25) is 0 Å². The van der Waals surface area contributed by atoms with Crippen LogP contribution in [0.25, 0.3) is 0 Å². The zero-order chi connectivity index (χ0) is 29.9. The normalized spacial score (nSPS) is 15.2. The molecule has 6 N–H and O–H groups in total. The molecule has 0 fully saturated rings. The van der Waals surface area contributed by atoms with E-state index in [-0.39, 0.29) is 6.17 Å². The lowest BCUT2D eigenvalue weighted by atomic mass is 10.2. The monoisotopic (exact) mass is 588 g/mol. The van der Waals surface area contributed by atoms with Crippen LogP contribution in [0.1, 0.15) is 25.7 Å². The second-order valence-electron chi connectivity index (χ2n) is 9.80. The zero-order valence-corrected chi connectivity index (χ0v) is 24.7. The van der Waals surface area contributed by atoms with E-state index in [1.807, 2.05) is 74.5 Å². The molecular weight excluding hydrogens is 548 g/mol. The van der Waals surface area contributed by atoms with Crippen molar-refractivity contribution >= 4 is 22.7 Å². The van der Waals surface area contributed by atoms with Crippen LogP contribution in [0.3, 0.4) is 0 Å². The third-order valence-electron chi connectivity index (χ3n) is 6.73. The smallest absolute Gasteiger partial charge is 0.141 e. The number of rotatable bonds is 16. The lowest BCUT2D eigenvalue weighted by molar-refractivity contribution is 0.0573. The van der Waals surface area contributed by atoms with E-state index < -0.39 is 0 Å². The van der Waals surface area contributed by atoms with Crippen molar-refractivity contribution in [1.29, 1.82) is 0 Å². The van der Waals surface area contributed by atoms with Gasteiger partial charge in [-0.2, -0.15) is 0 Å². The molecule has 1 atom stereocenters. The Morgan fingerprint density at radius 2 is 1.56 bits per heavy atom. The Morgan fingerprint density at radius 1 is 0.814 bits per heavy atom. The lowest BCUT2D eigenvalue weighted by Crippen LogP contribution is -2.26. The molecule has 228 valence electrons. The van der Waals surface area contributed by atoms with Crippen molar-refractivity contribution in [1.82, 2.24) is 10.3 Å². The van der Waals surface area contributed by atoms with Gasteiger partial charge in [-0.1, -0.05) is 0 Å². The summed E-state index contributed by atoms with van der Waals surface area (Å²) in [4.78, 5) is 4.55. The second-order valence-corrected chi connectivity index (χ2v) is 9.80. The Labute approximate surface area is 252 Å². The number of nitrogens with zero attached hydrogens (tertiary/aromatic N) is 1. The number of pyridine rings is 1. The number of ether oxygens (including phenoxy) is 5. The second kappa shape index (κ2) is 14.9. The van der Waals surface area contributed by atoms with Gasteiger partial charge < -0.3 is 50.7 Å². The Hall–Kier alpha value is -4.77. The van der Waals surface area contributed by atoms with Crippen LogP contribution in [-0.4, -0.2) is 57.7 Å². The number of nitrogens with one attached hydrogen (secondary N) is 4. The molecule has 0 spiro atoms. The molecule has 0 amide bonds. The average molecular weight is 589 g/mol. The van der Waals surface area contributed by atoms with Crippen molar-refractivity contribution < 1.29 is 23.7 Å². The minimum absolute atomic E-state index is 0.110. The van der Waals surface area contributed by atoms with Gasteiger partial charge in [-0.15, -0.1) is 0 Å². The van der Waals surface area contributed by atoms with Gasteiger partial charge in [0.25, 0.3) is 0 Å². The van der Waals surface area contributed by atoms with Crippen LogP contribution in [0.2, 0.25) is 0 Å². The van der Waals surface area contributed by atoms with Crippen LogP contribution in [-0.2, 0) is 9.47 Å². The zero-order valence-electron chi connectivity index (χ0n) is 24.7. The minimum Gasteiger partial charge on any atom is -0.494 e. The first kappa shape index (κ1) is 29.7. The van der Waals surface area contributed by atoms with E-state index in [2.05, 4.69) is 26.3 Å². The molecular formula is C32H40N6O5. The number of dihydropyridines is 1. The van der Waals surface area contributed by atoms with Gasteiger partial charge in [0, 0.05) is 17.8 Å². The van der Waals surface area contributed by atoms with Crippen molar-refractivity contribution in [2.24, 2.45) is 0 Å². The van der Waals surface area contributed by atoms with Gasteiger partial charge in [-0.25, -0.2) is 0 Å². The molecule has 0 saturated heterocycles. The number of allylic oxidation sites excluding steroid dienone is 2. The fraction of sp³-hybridized carbons (Fsp3) is 0.344. The van der Waals surface area contributed by atoms with E-state index in [0.717, 1.165) is 45.7 Å². The summed E-state index contributed by atoms with van der Waals surface area (Å²) in [6.07, 6.45) is 5.59. The summed E-state index contributed by atoms with van der Waals surface area (Å²) in [7, 11) is 0. The first-order valence-electron chi connectivity index (χ1n) is 14.6. The van der Waals surface area contributed by atoms with Crippen molar-refractivity contribution in [3.63, 3.8) is 0 Å². The summed E-state index contributed by atoms with van der Waals surface area (Å²) < 4.78 is 28.3. The van der Waals surface area contributed by atoms with E-state index in [9.17, 15) is 0 Å². The number of hydrogen-bond acceptors (Lipinski definition) is 11. The number of hydrogen-bond donors (Lipinski definition) is 5. The summed E-state index contributed by atoms with van der Waals surface area (Å²) >= 11 is 0. The maximum atomic E-state index is 6.12. The molecule has 3 heterocycles. The first-order valence-corrected chi connectivity index (χ1v) is 14.6. The summed E-state index contributed by atoms with van der Waals surface area (Å²) in [6.45, 7) is 8.22. The highest BCUT2D eigenvalue weighted by Gasteiger charge is 2.22. The van der Waals surface area contributed by atoms with Crippen LogP contribution >= 0.6 is 0 Å². The molecule has 0 radical (unpaired) electrons. The molecule has 3 aromatic rings. The van der Waals surface area contributed by atoms with Crippen molar-refractivity contribution in [2.75, 3.05) is 74.4 Å². The molecule has 2 aliphatic rings. The third kappa shape index (κ3) is 8.39. The SMILES string of the molecule is CCOc1ccc(NCC2=CC=C(OCCOCCOc3ccc(C4Nc5ccc(OCC)cc5N4)nc3)CN2)c(N)c1. The highest BCUT2D eigenvalue weighted by molar-refractivity contribution is 5.76. The Kier molecular flexibility index (Phi) is 10.3. The Balaban J connectivity index is 0.941. The molecule has 2 aromatic carbocycles. The molecule has 0 bridgehead atoms. The Morgan fingerprint density at radius 3 is 2.28 bits per heavy atom. The fourth-order valence-electron chi connectivity index (χ4n) is 4.60.